The van der Waals surface area contributed by atoms with Crippen molar-refractivity contribution in [1.82, 2.24) is 15.3 Å². The minimum absolute atomic E-state index is 0.189. The van der Waals surface area contributed by atoms with Crippen LogP contribution >= 0.6 is 0 Å². The first-order valence-electron chi connectivity index (χ1n) is 6.20. The molecule has 0 spiro atoms. The van der Waals surface area contributed by atoms with E-state index in [1.165, 1.54) is 12.8 Å². The van der Waals surface area contributed by atoms with Crippen molar-refractivity contribution < 1.29 is 9.53 Å². The van der Waals surface area contributed by atoms with E-state index in [1.807, 2.05) is 0 Å². The predicted molar refractivity (Wildman–Crippen MR) is 67.0 cm³/mol. The Bertz CT molecular complexity index is 380. The van der Waals surface area contributed by atoms with Crippen molar-refractivity contribution >= 4 is 12.4 Å². The highest BCUT2D eigenvalue weighted by molar-refractivity contribution is 5.37. The van der Waals surface area contributed by atoms with Gasteiger partial charge >= 0.3 is 0 Å². The van der Waals surface area contributed by atoms with Gasteiger partial charge in [-0.2, -0.15) is 0 Å². The zero-order valence-corrected chi connectivity index (χ0v) is 10.3. The molecule has 0 atom stereocenters. The van der Waals surface area contributed by atoms with Crippen LogP contribution in [0.15, 0.2) is 12.3 Å². The van der Waals surface area contributed by atoms with E-state index in [4.69, 9.17) is 0 Å². The van der Waals surface area contributed by atoms with Crippen LogP contribution in [-0.4, -0.2) is 36.1 Å². The van der Waals surface area contributed by atoms with E-state index in [9.17, 15) is 4.79 Å². The lowest BCUT2D eigenvalue weighted by molar-refractivity contribution is -0.129. The normalized spacial score (nSPS) is 16.2. The average molecular weight is 250 g/mol. The molecule has 0 aliphatic carbocycles. The lowest BCUT2D eigenvalue weighted by Crippen LogP contribution is -2.31. The molecule has 1 fully saturated rings. The number of aromatic nitrogens is 2. The summed E-state index contributed by atoms with van der Waals surface area (Å²) in [7, 11) is 0. The van der Waals surface area contributed by atoms with Gasteiger partial charge in [-0.3, -0.25) is 4.79 Å². The van der Waals surface area contributed by atoms with E-state index in [0.717, 1.165) is 19.6 Å². The van der Waals surface area contributed by atoms with Gasteiger partial charge < -0.3 is 15.4 Å². The van der Waals surface area contributed by atoms with Crippen LogP contribution < -0.4 is 10.6 Å². The Morgan fingerprint density at radius 2 is 2.33 bits per heavy atom. The van der Waals surface area contributed by atoms with Gasteiger partial charge in [-0.1, -0.05) is 0 Å². The fourth-order valence-electron chi connectivity index (χ4n) is 2.00. The maximum Gasteiger partial charge on any atom is 0.293 e. The van der Waals surface area contributed by atoms with Crippen LogP contribution in [0.25, 0.3) is 0 Å². The van der Waals surface area contributed by atoms with Crippen molar-refractivity contribution in [3.05, 3.63) is 18.0 Å². The third-order valence-corrected chi connectivity index (χ3v) is 3.02. The molecule has 0 amide bonds. The Labute approximate surface area is 106 Å². The standard InChI is InChI=1S/C12H18N4O2/c17-9-18-8-11-3-6-14-12(16-11)15-7-10-1-4-13-5-2-10/h3,6,9-10,13H,1-2,4-5,7-8H2,(H,14,15,16). The number of carbonyl (C=O) groups excluding carboxylic acids is 1. The van der Waals surface area contributed by atoms with Gasteiger partial charge in [-0.05, 0) is 37.9 Å². The van der Waals surface area contributed by atoms with Gasteiger partial charge in [0.15, 0.2) is 0 Å². The second kappa shape index (κ2) is 6.90. The van der Waals surface area contributed by atoms with Crippen LogP contribution in [0.4, 0.5) is 5.95 Å². The van der Waals surface area contributed by atoms with E-state index in [0.29, 0.717) is 24.0 Å². The summed E-state index contributed by atoms with van der Waals surface area (Å²) in [5.41, 5.74) is 0.699. The summed E-state index contributed by atoms with van der Waals surface area (Å²) in [6, 6.07) is 1.74. The molecule has 1 aliphatic heterocycles. The molecule has 2 rings (SSSR count). The third kappa shape index (κ3) is 3.96. The minimum Gasteiger partial charge on any atom is -0.461 e. The summed E-state index contributed by atoms with van der Waals surface area (Å²) in [4.78, 5) is 18.5. The summed E-state index contributed by atoms with van der Waals surface area (Å²) < 4.78 is 4.66. The Kier molecular flexibility index (Phi) is 4.89. The van der Waals surface area contributed by atoms with E-state index in [1.54, 1.807) is 12.3 Å². The monoisotopic (exact) mass is 250 g/mol. The molecule has 6 heteroatoms. The van der Waals surface area contributed by atoms with Crippen molar-refractivity contribution in [3.8, 4) is 0 Å². The Morgan fingerprint density at radius 1 is 1.50 bits per heavy atom. The molecule has 0 aromatic carbocycles. The quantitative estimate of drug-likeness (QED) is 0.719. The molecule has 0 saturated carbocycles. The molecule has 0 unspecified atom stereocenters. The van der Waals surface area contributed by atoms with Crippen LogP contribution in [0, 0.1) is 5.92 Å². The van der Waals surface area contributed by atoms with Gasteiger partial charge in [0.05, 0.1) is 5.69 Å². The van der Waals surface area contributed by atoms with Crippen LogP contribution in [-0.2, 0) is 16.1 Å². The number of rotatable bonds is 6. The average Bonchev–Trinajstić information content (AvgIpc) is 2.44. The summed E-state index contributed by atoms with van der Waals surface area (Å²) in [5, 5.41) is 6.57. The van der Waals surface area contributed by atoms with Gasteiger partial charge in [0.2, 0.25) is 5.95 Å². The number of carbonyl (C=O) groups is 1. The van der Waals surface area contributed by atoms with Crippen molar-refractivity contribution in [2.45, 2.75) is 19.4 Å². The summed E-state index contributed by atoms with van der Waals surface area (Å²) in [6.45, 7) is 3.67. The minimum atomic E-state index is 0.189. The maximum absolute atomic E-state index is 10.1. The molecule has 2 N–H and O–H groups in total. The molecule has 1 aromatic heterocycles. The number of nitrogens with one attached hydrogen (secondary N) is 2. The molecule has 1 saturated heterocycles. The zero-order chi connectivity index (χ0) is 12.6. The number of ether oxygens (including phenoxy) is 1. The molecule has 6 nitrogen and oxygen atoms in total. The summed E-state index contributed by atoms with van der Waals surface area (Å²) >= 11 is 0. The lowest BCUT2D eigenvalue weighted by atomic mass is 9.98. The second-order valence-corrected chi connectivity index (χ2v) is 4.35. The Morgan fingerprint density at radius 3 is 3.11 bits per heavy atom. The van der Waals surface area contributed by atoms with Gasteiger partial charge in [0.25, 0.3) is 6.47 Å². The van der Waals surface area contributed by atoms with Crippen molar-refractivity contribution in [2.75, 3.05) is 25.0 Å². The van der Waals surface area contributed by atoms with E-state index in [-0.39, 0.29) is 6.61 Å². The number of hydrogen-bond acceptors (Lipinski definition) is 6. The van der Waals surface area contributed by atoms with Crippen LogP contribution in [0.2, 0.25) is 0 Å². The second-order valence-electron chi connectivity index (χ2n) is 4.35. The summed E-state index contributed by atoms with van der Waals surface area (Å²) in [6.07, 6.45) is 4.03. The molecule has 0 bridgehead atoms. The Balaban J connectivity index is 1.82. The highest BCUT2D eigenvalue weighted by atomic mass is 16.5. The Hall–Kier alpha value is -1.69. The van der Waals surface area contributed by atoms with Gasteiger partial charge in [0.1, 0.15) is 6.61 Å². The highest BCUT2D eigenvalue weighted by Crippen LogP contribution is 2.12. The molecule has 98 valence electrons. The molecular formula is C12H18N4O2. The lowest BCUT2D eigenvalue weighted by Gasteiger charge is -2.22. The molecule has 1 aromatic rings. The topological polar surface area (TPSA) is 76.1 Å². The number of anilines is 1. The van der Waals surface area contributed by atoms with Crippen LogP contribution in [0.3, 0.4) is 0 Å². The van der Waals surface area contributed by atoms with Crippen molar-refractivity contribution in [2.24, 2.45) is 5.92 Å². The number of piperidine rings is 1. The SMILES string of the molecule is O=COCc1ccnc(NCC2CCNCC2)n1. The summed E-state index contributed by atoms with van der Waals surface area (Å²) in [5.74, 6) is 1.27. The van der Waals surface area contributed by atoms with Gasteiger partial charge in [0, 0.05) is 12.7 Å². The predicted octanol–water partition coefficient (Wildman–Crippen LogP) is 0.561. The van der Waals surface area contributed by atoms with Crippen LogP contribution in [0.5, 0.6) is 0 Å². The fourth-order valence-corrected chi connectivity index (χ4v) is 2.00. The number of hydrogen-bond donors (Lipinski definition) is 2. The molecule has 2 heterocycles. The van der Waals surface area contributed by atoms with Gasteiger partial charge in [-0.25, -0.2) is 9.97 Å². The highest BCUT2D eigenvalue weighted by Gasteiger charge is 2.12. The first-order chi connectivity index (χ1) is 8.88. The van der Waals surface area contributed by atoms with E-state index < -0.39 is 0 Å². The van der Waals surface area contributed by atoms with E-state index in [2.05, 4.69) is 25.3 Å². The van der Waals surface area contributed by atoms with Crippen LogP contribution in [0.1, 0.15) is 18.5 Å². The van der Waals surface area contributed by atoms with Crippen molar-refractivity contribution in [1.29, 1.82) is 0 Å². The first-order valence-corrected chi connectivity index (χ1v) is 6.20. The maximum atomic E-state index is 10.1. The van der Waals surface area contributed by atoms with E-state index >= 15 is 0 Å². The first kappa shape index (κ1) is 12.8. The fraction of sp³-hybridized carbons (Fsp3) is 0.583. The zero-order valence-electron chi connectivity index (χ0n) is 10.3. The largest absolute Gasteiger partial charge is 0.461 e. The van der Waals surface area contributed by atoms with Gasteiger partial charge in [-0.15, -0.1) is 0 Å². The molecule has 1 aliphatic rings. The molecular weight excluding hydrogens is 232 g/mol. The molecule has 0 radical (unpaired) electrons. The third-order valence-electron chi connectivity index (χ3n) is 3.02. The number of nitrogens with zero attached hydrogens (tertiary/aromatic N) is 2. The van der Waals surface area contributed by atoms with Crippen molar-refractivity contribution in [3.63, 3.8) is 0 Å². The molecule has 18 heavy (non-hydrogen) atoms. The smallest absolute Gasteiger partial charge is 0.293 e.